The van der Waals surface area contributed by atoms with Crippen LogP contribution in [0, 0.1) is 0 Å². The van der Waals surface area contributed by atoms with Crippen LogP contribution in [0.15, 0.2) is 18.2 Å². The highest BCUT2D eigenvalue weighted by Gasteiger charge is 2.15. The number of nitrogens with one attached hydrogen (secondary N) is 2. The fraction of sp³-hybridized carbons (Fsp3) is 0.357. The predicted molar refractivity (Wildman–Crippen MR) is 75.0 cm³/mol. The zero-order valence-corrected chi connectivity index (χ0v) is 11.6. The van der Waals surface area contributed by atoms with Gasteiger partial charge in [-0.3, -0.25) is 14.4 Å². The first kappa shape index (κ1) is 15.8. The summed E-state index contributed by atoms with van der Waals surface area (Å²) in [5.74, 6) is -0.724. The van der Waals surface area contributed by atoms with Crippen molar-refractivity contribution in [1.82, 2.24) is 5.32 Å². The van der Waals surface area contributed by atoms with Crippen LogP contribution < -0.4 is 10.6 Å². The van der Waals surface area contributed by atoms with Crippen LogP contribution in [0.5, 0.6) is 0 Å². The standard InChI is InChI=1S/C14H18N2O4/c1-3-7-15-14(19)10-5-4-6-12(11(10)8-17)16-13(18)9-20-2/h4-6,8H,3,7,9H2,1-2H3,(H,15,19)(H,16,18). The number of ether oxygens (including phenoxy) is 1. The van der Waals surface area contributed by atoms with Gasteiger partial charge in [-0.15, -0.1) is 0 Å². The van der Waals surface area contributed by atoms with Crippen molar-refractivity contribution in [2.45, 2.75) is 13.3 Å². The molecule has 1 aromatic rings. The number of hydrogen-bond donors (Lipinski definition) is 2. The average molecular weight is 278 g/mol. The molecule has 2 amide bonds. The Labute approximate surface area is 117 Å². The quantitative estimate of drug-likeness (QED) is 0.734. The van der Waals surface area contributed by atoms with Gasteiger partial charge in [0.1, 0.15) is 6.61 Å². The average Bonchev–Trinajstić information content (AvgIpc) is 2.44. The largest absolute Gasteiger partial charge is 0.375 e. The van der Waals surface area contributed by atoms with Crippen molar-refractivity contribution in [1.29, 1.82) is 0 Å². The third kappa shape index (κ3) is 4.17. The van der Waals surface area contributed by atoms with Gasteiger partial charge >= 0.3 is 0 Å². The smallest absolute Gasteiger partial charge is 0.252 e. The van der Waals surface area contributed by atoms with Gasteiger partial charge in [-0.1, -0.05) is 13.0 Å². The maximum Gasteiger partial charge on any atom is 0.252 e. The van der Waals surface area contributed by atoms with Crippen molar-refractivity contribution in [3.63, 3.8) is 0 Å². The summed E-state index contributed by atoms with van der Waals surface area (Å²) in [5.41, 5.74) is 0.695. The number of methoxy groups -OCH3 is 1. The number of benzene rings is 1. The molecule has 0 atom stereocenters. The summed E-state index contributed by atoms with van der Waals surface area (Å²) in [6.45, 7) is 2.34. The van der Waals surface area contributed by atoms with E-state index in [1.807, 2.05) is 6.92 Å². The molecule has 20 heavy (non-hydrogen) atoms. The van der Waals surface area contributed by atoms with Crippen molar-refractivity contribution < 1.29 is 19.1 Å². The number of anilines is 1. The Hall–Kier alpha value is -2.21. The molecule has 0 aliphatic heterocycles. The number of amides is 2. The number of rotatable bonds is 7. The lowest BCUT2D eigenvalue weighted by Gasteiger charge is -2.11. The molecule has 6 heteroatoms. The fourth-order valence-corrected chi connectivity index (χ4v) is 1.65. The molecule has 0 unspecified atom stereocenters. The van der Waals surface area contributed by atoms with Gasteiger partial charge in [0.15, 0.2) is 6.29 Å². The summed E-state index contributed by atoms with van der Waals surface area (Å²) >= 11 is 0. The van der Waals surface area contributed by atoms with Crippen LogP contribution in [0.1, 0.15) is 34.1 Å². The highest BCUT2D eigenvalue weighted by molar-refractivity contribution is 6.06. The Morgan fingerprint density at radius 3 is 2.70 bits per heavy atom. The van der Waals surface area contributed by atoms with Crippen LogP contribution in [-0.4, -0.2) is 38.4 Å². The van der Waals surface area contributed by atoms with Gasteiger partial charge in [0.05, 0.1) is 16.8 Å². The molecular weight excluding hydrogens is 260 g/mol. The van der Waals surface area contributed by atoms with Crippen LogP contribution >= 0.6 is 0 Å². The summed E-state index contributed by atoms with van der Waals surface area (Å²) in [5, 5.41) is 5.23. The van der Waals surface area contributed by atoms with E-state index in [2.05, 4.69) is 10.6 Å². The predicted octanol–water partition coefficient (Wildman–Crippen LogP) is 1.22. The van der Waals surface area contributed by atoms with Crippen LogP contribution in [0.4, 0.5) is 5.69 Å². The van der Waals surface area contributed by atoms with Crippen LogP contribution in [0.2, 0.25) is 0 Å². The Balaban J connectivity index is 3.00. The highest BCUT2D eigenvalue weighted by Crippen LogP contribution is 2.18. The second-order valence-electron chi connectivity index (χ2n) is 4.12. The summed E-state index contributed by atoms with van der Waals surface area (Å²) in [4.78, 5) is 34.6. The van der Waals surface area contributed by atoms with E-state index in [0.717, 1.165) is 6.42 Å². The molecule has 0 saturated carbocycles. The Bertz CT molecular complexity index is 500. The van der Waals surface area contributed by atoms with Gasteiger partial charge in [0.2, 0.25) is 5.91 Å². The van der Waals surface area contributed by atoms with E-state index in [1.54, 1.807) is 18.2 Å². The first-order valence-corrected chi connectivity index (χ1v) is 6.29. The lowest BCUT2D eigenvalue weighted by molar-refractivity contribution is -0.119. The topological polar surface area (TPSA) is 84.5 Å². The lowest BCUT2D eigenvalue weighted by atomic mass is 10.1. The summed E-state index contributed by atoms with van der Waals surface area (Å²) in [6.07, 6.45) is 1.36. The molecule has 0 aliphatic rings. The zero-order chi connectivity index (χ0) is 15.0. The van der Waals surface area contributed by atoms with Gasteiger partial charge in [0.25, 0.3) is 5.91 Å². The molecule has 0 fully saturated rings. The molecule has 1 aromatic carbocycles. The lowest BCUT2D eigenvalue weighted by Crippen LogP contribution is -2.26. The van der Waals surface area contributed by atoms with Gasteiger partial charge in [-0.05, 0) is 18.6 Å². The molecule has 0 radical (unpaired) electrons. The minimum absolute atomic E-state index is 0.120. The minimum Gasteiger partial charge on any atom is -0.375 e. The fourth-order valence-electron chi connectivity index (χ4n) is 1.65. The molecule has 0 heterocycles. The van der Waals surface area contributed by atoms with Crippen molar-refractivity contribution in [3.8, 4) is 0 Å². The van der Waals surface area contributed by atoms with Crippen molar-refractivity contribution in [2.24, 2.45) is 0 Å². The Kier molecular flexibility index (Phi) is 6.39. The molecule has 1 rings (SSSR count). The maximum atomic E-state index is 11.9. The number of aldehydes is 1. The van der Waals surface area contributed by atoms with E-state index in [-0.39, 0.29) is 29.5 Å². The Morgan fingerprint density at radius 1 is 1.35 bits per heavy atom. The van der Waals surface area contributed by atoms with Gasteiger partial charge in [-0.25, -0.2) is 0 Å². The molecule has 0 saturated heterocycles. The number of carbonyl (C=O) groups excluding carboxylic acids is 3. The maximum absolute atomic E-state index is 11.9. The van der Waals surface area contributed by atoms with Crippen molar-refractivity contribution in [2.75, 3.05) is 25.6 Å². The van der Waals surface area contributed by atoms with Crippen LogP contribution in [-0.2, 0) is 9.53 Å². The highest BCUT2D eigenvalue weighted by atomic mass is 16.5. The third-order valence-electron chi connectivity index (χ3n) is 2.55. The number of hydrogen-bond acceptors (Lipinski definition) is 4. The van der Waals surface area contributed by atoms with E-state index in [4.69, 9.17) is 4.74 Å². The third-order valence-corrected chi connectivity index (χ3v) is 2.55. The van der Waals surface area contributed by atoms with E-state index in [9.17, 15) is 14.4 Å². The monoisotopic (exact) mass is 278 g/mol. The van der Waals surface area contributed by atoms with Crippen molar-refractivity contribution in [3.05, 3.63) is 29.3 Å². The van der Waals surface area contributed by atoms with Crippen molar-refractivity contribution >= 4 is 23.8 Å². The molecule has 0 aliphatic carbocycles. The Morgan fingerprint density at radius 2 is 2.10 bits per heavy atom. The summed E-state index contributed by atoms with van der Waals surface area (Å²) in [7, 11) is 1.40. The van der Waals surface area contributed by atoms with Crippen LogP contribution in [0.25, 0.3) is 0 Å². The van der Waals surface area contributed by atoms with Gasteiger partial charge < -0.3 is 15.4 Å². The number of carbonyl (C=O) groups is 3. The SMILES string of the molecule is CCCNC(=O)c1cccc(NC(=O)COC)c1C=O. The molecule has 0 aromatic heterocycles. The minimum atomic E-state index is -0.387. The summed E-state index contributed by atoms with van der Waals surface area (Å²) < 4.78 is 4.70. The van der Waals surface area contributed by atoms with E-state index >= 15 is 0 Å². The second kappa shape index (κ2) is 8.06. The van der Waals surface area contributed by atoms with E-state index in [0.29, 0.717) is 18.5 Å². The van der Waals surface area contributed by atoms with Crippen LogP contribution in [0.3, 0.4) is 0 Å². The second-order valence-corrected chi connectivity index (χ2v) is 4.12. The zero-order valence-electron chi connectivity index (χ0n) is 11.6. The normalized spacial score (nSPS) is 9.90. The molecule has 0 bridgehead atoms. The van der Waals surface area contributed by atoms with E-state index < -0.39 is 0 Å². The van der Waals surface area contributed by atoms with Gasteiger partial charge in [-0.2, -0.15) is 0 Å². The van der Waals surface area contributed by atoms with E-state index in [1.165, 1.54) is 7.11 Å². The van der Waals surface area contributed by atoms with Gasteiger partial charge in [0, 0.05) is 13.7 Å². The molecule has 2 N–H and O–H groups in total. The first-order chi connectivity index (χ1) is 9.63. The molecule has 108 valence electrons. The summed E-state index contributed by atoms with van der Waals surface area (Å²) in [6, 6.07) is 4.71. The molecule has 0 spiro atoms. The molecule has 6 nitrogen and oxygen atoms in total. The molecular formula is C14H18N2O4. The first-order valence-electron chi connectivity index (χ1n) is 6.29.